The zero-order chi connectivity index (χ0) is 31.7. The smallest absolute Gasteiger partial charge is 0.264 e. The molecule has 1 amide bonds. The highest BCUT2D eigenvalue weighted by Crippen LogP contribution is 2.35. The molecule has 4 heterocycles. The second kappa shape index (κ2) is 12.6. The van der Waals surface area contributed by atoms with E-state index in [1.54, 1.807) is 9.58 Å². The summed E-state index contributed by atoms with van der Waals surface area (Å²) in [4.78, 5) is 25.9. The molecule has 45 heavy (non-hydrogen) atoms. The highest BCUT2D eigenvalue weighted by atomic mass is 19.2. The van der Waals surface area contributed by atoms with Gasteiger partial charge in [-0.2, -0.15) is 14.8 Å². The number of carbonyl (C=O) groups excluding carboxylic acids is 1. The van der Waals surface area contributed by atoms with E-state index < -0.39 is 17.5 Å². The van der Waals surface area contributed by atoms with Crippen LogP contribution in [-0.2, 0) is 11.3 Å². The van der Waals surface area contributed by atoms with Gasteiger partial charge in [-0.3, -0.25) is 4.79 Å². The third kappa shape index (κ3) is 6.06. The summed E-state index contributed by atoms with van der Waals surface area (Å²) in [7, 11) is 2.06. The van der Waals surface area contributed by atoms with Gasteiger partial charge in [-0.15, -0.1) is 0 Å². The Hall–Kier alpha value is -4.96. The van der Waals surface area contributed by atoms with Crippen molar-refractivity contribution in [3.8, 4) is 28.8 Å². The Morgan fingerprint density at radius 3 is 2.67 bits per heavy atom. The highest BCUT2D eigenvalue weighted by molar-refractivity contribution is 5.99. The normalized spacial score (nSPS) is 18.0. The molecular weight excluding hydrogens is 585 g/mol. The van der Waals surface area contributed by atoms with Crippen molar-refractivity contribution in [2.45, 2.75) is 38.3 Å². The van der Waals surface area contributed by atoms with Crippen molar-refractivity contribution in [3.63, 3.8) is 0 Å². The molecule has 2 fully saturated rings. The molecule has 2 aliphatic rings. The molecule has 0 saturated carbocycles. The van der Waals surface area contributed by atoms with E-state index in [0.717, 1.165) is 44.5 Å². The maximum atomic E-state index is 15.5. The molecule has 0 aliphatic carbocycles. The number of nitrogens with two attached hydrogens (primary N) is 1. The molecule has 232 valence electrons. The van der Waals surface area contributed by atoms with Gasteiger partial charge in [-0.25, -0.2) is 23.4 Å². The second-order valence-corrected chi connectivity index (χ2v) is 11.4. The predicted molar refractivity (Wildman–Crippen MR) is 160 cm³/mol. The molecule has 2 saturated heterocycles. The van der Waals surface area contributed by atoms with Crippen molar-refractivity contribution in [1.29, 1.82) is 5.26 Å². The fraction of sp³-hybridized carbons (Fsp3) is 0.344. The van der Waals surface area contributed by atoms with Crippen LogP contribution in [0.15, 0.2) is 54.4 Å². The van der Waals surface area contributed by atoms with Crippen LogP contribution < -0.4 is 10.5 Å². The van der Waals surface area contributed by atoms with E-state index >= 15 is 4.39 Å². The molecule has 0 unspecified atom stereocenters. The number of rotatable bonds is 7. The maximum Gasteiger partial charge on any atom is 0.264 e. The number of nitrogens with zero attached hydrogens (tertiary/aromatic N) is 7. The lowest BCUT2D eigenvalue weighted by Crippen LogP contribution is -2.39. The summed E-state index contributed by atoms with van der Waals surface area (Å²) in [6.07, 6.45) is 6.34. The topological polar surface area (TPSA) is 126 Å². The minimum atomic E-state index is -1.18. The number of fused-ring (bicyclic) bond motifs is 1. The van der Waals surface area contributed by atoms with Crippen LogP contribution in [0, 0.1) is 34.7 Å². The van der Waals surface area contributed by atoms with Gasteiger partial charge in [0.1, 0.15) is 41.0 Å². The fourth-order valence-corrected chi connectivity index (χ4v) is 6.02. The average molecular weight is 617 g/mol. The number of piperidine rings is 1. The lowest BCUT2D eigenvalue weighted by Gasteiger charge is -2.28. The van der Waals surface area contributed by atoms with Crippen molar-refractivity contribution in [3.05, 3.63) is 71.8 Å². The van der Waals surface area contributed by atoms with Crippen molar-refractivity contribution in [2.24, 2.45) is 5.92 Å². The van der Waals surface area contributed by atoms with Crippen LogP contribution in [0.5, 0.6) is 11.5 Å². The number of hydrogen-bond donors (Lipinski definition) is 1. The lowest BCUT2D eigenvalue weighted by molar-refractivity contribution is -0.127. The van der Waals surface area contributed by atoms with E-state index in [1.807, 2.05) is 6.08 Å². The van der Waals surface area contributed by atoms with Gasteiger partial charge < -0.3 is 20.3 Å². The Morgan fingerprint density at radius 1 is 1.11 bits per heavy atom. The number of nitriles is 1. The van der Waals surface area contributed by atoms with Crippen LogP contribution in [0.1, 0.15) is 25.7 Å². The zero-order valence-corrected chi connectivity index (χ0v) is 24.6. The summed E-state index contributed by atoms with van der Waals surface area (Å²) in [5, 5.41) is 14.9. The Kier molecular flexibility index (Phi) is 8.40. The number of benzene rings is 2. The molecule has 4 aromatic rings. The van der Waals surface area contributed by atoms with E-state index in [-0.39, 0.29) is 58.6 Å². The standard InChI is InChI=1S/C32H31F3N8O2/c1-41-12-9-19(10-13-41)14-20(16-36)32(44)42-11-3-4-21(42)17-43-31-27(30(37)38-18-39-31)29(40-43)23-8-7-22(15-25(23)34)45-26-6-2-5-24(33)28(26)35/h2,5-8,14-15,18-19,21H,3-4,9-13,17H2,1H3,(H2,37,38,39)/b20-14+/t21-/m0/s1. The summed E-state index contributed by atoms with van der Waals surface area (Å²) in [6.45, 7) is 2.58. The van der Waals surface area contributed by atoms with Gasteiger partial charge >= 0.3 is 0 Å². The molecule has 2 aliphatic heterocycles. The van der Waals surface area contributed by atoms with Crippen LogP contribution in [0.3, 0.4) is 0 Å². The molecule has 6 rings (SSSR count). The van der Waals surface area contributed by atoms with E-state index in [0.29, 0.717) is 24.0 Å². The van der Waals surface area contributed by atoms with Crippen LogP contribution in [-0.4, -0.2) is 68.2 Å². The van der Waals surface area contributed by atoms with Gasteiger partial charge in [0.15, 0.2) is 17.2 Å². The Morgan fingerprint density at radius 2 is 1.91 bits per heavy atom. The van der Waals surface area contributed by atoms with Gasteiger partial charge in [-0.1, -0.05) is 12.1 Å². The Labute approximate surface area is 257 Å². The quantitative estimate of drug-likeness (QED) is 0.225. The van der Waals surface area contributed by atoms with Crippen molar-refractivity contribution in [2.75, 3.05) is 32.4 Å². The summed E-state index contributed by atoms with van der Waals surface area (Å²) in [5.41, 5.74) is 6.98. The minimum Gasteiger partial charge on any atom is -0.454 e. The molecule has 2 N–H and O–H groups in total. The molecule has 2 aromatic heterocycles. The van der Waals surface area contributed by atoms with Crippen LogP contribution in [0.2, 0.25) is 0 Å². The molecule has 1 atom stereocenters. The number of carbonyl (C=O) groups is 1. The van der Waals surface area contributed by atoms with E-state index in [4.69, 9.17) is 10.5 Å². The van der Waals surface area contributed by atoms with Gasteiger partial charge in [0.05, 0.1) is 18.0 Å². The van der Waals surface area contributed by atoms with E-state index in [9.17, 15) is 18.8 Å². The van der Waals surface area contributed by atoms with Gasteiger partial charge in [0.2, 0.25) is 5.82 Å². The highest BCUT2D eigenvalue weighted by Gasteiger charge is 2.33. The summed E-state index contributed by atoms with van der Waals surface area (Å²) >= 11 is 0. The lowest BCUT2D eigenvalue weighted by atomic mass is 9.94. The number of anilines is 1. The number of amides is 1. The third-order valence-corrected chi connectivity index (χ3v) is 8.44. The molecular formula is C32H31F3N8O2. The van der Waals surface area contributed by atoms with Crippen molar-refractivity contribution in [1.82, 2.24) is 29.5 Å². The Balaban J connectivity index is 1.27. The van der Waals surface area contributed by atoms with E-state index in [1.165, 1.54) is 30.6 Å². The zero-order valence-electron chi connectivity index (χ0n) is 24.6. The Bertz CT molecular complexity index is 1830. The van der Waals surface area contributed by atoms with Crippen LogP contribution in [0.4, 0.5) is 19.0 Å². The first-order valence-corrected chi connectivity index (χ1v) is 14.7. The second-order valence-electron chi connectivity index (χ2n) is 11.4. The summed E-state index contributed by atoms with van der Waals surface area (Å²) < 4.78 is 50.2. The third-order valence-electron chi connectivity index (χ3n) is 8.44. The molecule has 0 bridgehead atoms. The fourth-order valence-electron chi connectivity index (χ4n) is 6.02. The molecule has 2 aromatic carbocycles. The first-order valence-electron chi connectivity index (χ1n) is 14.7. The molecule has 13 heteroatoms. The largest absolute Gasteiger partial charge is 0.454 e. The first-order chi connectivity index (χ1) is 21.7. The molecule has 0 spiro atoms. The number of likely N-dealkylation sites (tertiary alicyclic amines) is 2. The van der Waals surface area contributed by atoms with Crippen molar-refractivity contribution < 1.29 is 22.7 Å². The predicted octanol–water partition coefficient (Wildman–Crippen LogP) is 5.07. The minimum absolute atomic E-state index is 0.0459. The average Bonchev–Trinajstić information content (AvgIpc) is 3.64. The van der Waals surface area contributed by atoms with Gasteiger partial charge in [-0.05, 0) is 76.0 Å². The number of nitrogen functional groups attached to an aromatic ring is 1. The van der Waals surface area contributed by atoms with Crippen LogP contribution in [0.25, 0.3) is 22.3 Å². The number of allylic oxidation sites excluding steroid dienone is 1. The number of hydrogen-bond acceptors (Lipinski definition) is 8. The monoisotopic (exact) mass is 616 g/mol. The maximum absolute atomic E-state index is 15.5. The summed E-state index contributed by atoms with van der Waals surface area (Å²) in [6, 6.07) is 9.17. The molecule has 10 nitrogen and oxygen atoms in total. The molecule has 0 radical (unpaired) electrons. The van der Waals surface area contributed by atoms with E-state index in [2.05, 4.69) is 33.1 Å². The van der Waals surface area contributed by atoms with Gasteiger partial charge in [0.25, 0.3) is 5.91 Å². The number of ether oxygens (including phenoxy) is 1. The van der Waals surface area contributed by atoms with Gasteiger partial charge in [0, 0.05) is 18.2 Å². The van der Waals surface area contributed by atoms with Crippen LogP contribution >= 0.6 is 0 Å². The first kappa shape index (κ1) is 30.1. The van der Waals surface area contributed by atoms with Crippen molar-refractivity contribution >= 4 is 22.8 Å². The number of halogens is 3. The SMILES string of the molecule is CN1CCC(/C=C(\C#N)C(=O)N2CCC[C@H]2Cn2nc(-c3ccc(Oc4cccc(F)c4F)cc3F)c3c(N)ncnc32)CC1. The number of aromatic nitrogens is 4. The summed E-state index contributed by atoms with van der Waals surface area (Å²) in [5.74, 6) is -3.48.